The first-order chi connectivity index (χ1) is 12.1. The van der Waals surface area contributed by atoms with Gasteiger partial charge in [0, 0.05) is 39.0 Å². The Kier molecular flexibility index (Phi) is 3.77. The number of hydrogen-bond donors (Lipinski definition) is 1. The number of carbonyl (C=O) groups is 1. The van der Waals surface area contributed by atoms with E-state index < -0.39 is 0 Å². The Hall–Kier alpha value is -2.72. The van der Waals surface area contributed by atoms with Crippen LogP contribution in [0, 0.1) is 0 Å². The normalized spacial score (nSPS) is 16.5. The van der Waals surface area contributed by atoms with E-state index in [1.54, 1.807) is 36.3 Å². The lowest BCUT2D eigenvalue weighted by Crippen LogP contribution is -2.42. The van der Waals surface area contributed by atoms with Crippen molar-refractivity contribution in [3.05, 3.63) is 71.0 Å². The molecule has 2 aromatic carbocycles. The molecule has 0 saturated carbocycles. The number of aromatic amines is 1. The number of H-pyrrole nitrogens is 1. The van der Waals surface area contributed by atoms with Crippen LogP contribution < -0.4 is 4.74 Å². The first-order valence-corrected chi connectivity index (χ1v) is 8.41. The number of nitrogens with one attached hydrogen (secondary N) is 1. The topological polar surface area (TPSA) is 45.3 Å². The molecule has 4 nitrogen and oxygen atoms in total. The Balaban J connectivity index is 1.61. The first-order valence-electron chi connectivity index (χ1n) is 8.04. The molecule has 3 aromatic rings. The standard InChI is InChI=1S/C20H17ClN2O2/c1-12-17(11-23(12)20(24)13-3-5-15(21)6-4-13)19-10-14-9-16(25-2)7-8-18(14)22-19/h3-12,22H,1-2H3. The molecule has 1 amide bonds. The predicted octanol–water partition coefficient (Wildman–Crippen LogP) is 4.72. The summed E-state index contributed by atoms with van der Waals surface area (Å²) >= 11 is 5.89. The number of amides is 1. The minimum absolute atomic E-state index is 0.0122. The number of fused-ring (bicyclic) bond motifs is 1. The van der Waals surface area contributed by atoms with Crippen LogP contribution >= 0.6 is 11.6 Å². The molecule has 0 radical (unpaired) electrons. The van der Waals surface area contributed by atoms with Crippen LogP contribution in [0.15, 0.2) is 54.7 Å². The van der Waals surface area contributed by atoms with E-state index in [1.807, 2.05) is 31.3 Å². The number of hydrogen-bond acceptors (Lipinski definition) is 2. The number of methoxy groups -OCH3 is 1. The molecule has 1 unspecified atom stereocenters. The lowest BCUT2D eigenvalue weighted by molar-refractivity contribution is 0.0781. The molecule has 1 aliphatic heterocycles. The molecule has 0 fully saturated rings. The molecule has 1 aliphatic rings. The molecule has 1 atom stereocenters. The van der Waals surface area contributed by atoms with Crippen molar-refractivity contribution in [2.24, 2.45) is 0 Å². The van der Waals surface area contributed by atoms with Crippen molar-refractivity contribution in [2.75, 3.05) is 7.11 Å². The fourth-order valence-electron chi connectivity index (χ4n) is 3.10. The molecule has 0 saturated heterocycles. The van der Waals surface area contributed by atoms with Crippen LogP contribution in [-0.2, 0) is 0 Å². The van der Waals surface area contributed by atoms with Crippen molar-refractivity contribution in [2.45, 2.75) is 13.0 Å². The lowest BCUT2D eigenvalue weighted by Gasteiger charge is -2.36. The summed E-state index contributed by atoms with van der Waals surface area (Å²) in [5.74, 6) is 0.805. The Morgan fingerprint density at radius 1 is 1.16 bits per heavy atom. The van der Waals surface area contributed by atoms with Crippen molar-refractivity contribution in [3.8, 4) is 5.75 Å². The van der Waals surface area contributed by atoms with Crippen LogP contribution in [0.2, 0.25) is 5.02 Å². The average Bonchev–Trinajstić information content (AvgIpc) is 3.03. The number of benzene rings is 2. The Morgan fingerprint density at radius 3 is 2.60 bits per heavy atom. The summed E-state index contributed by atoms with van der Waals surface area (Å²) in [5.41, 5.74) is 3.81. The summed E-state index contributed by atoms with van der Waals surface area (Å²) in [6.45, 7) is 2.02. The molecular weight excluding hydrogens is 336 g/mol. The molecule has 1 N–H and O–H groups in total. The van der Waals surface area contributed by atoms with E-state index in [0.717, 1.165) is 27.9 Å². The van der Waals surface area contributed by atoms with Gasteiger partial charge in [-0.3, -0.25) is 4.79 Å². The van der Waals surface area contributed by atoms with E-state index in [9.17, 15) is 4.79 Å². The number of halogens is 1. The van der Waals surface area contributed by atoms with Gasteiger partial charge in [-0.1, -0.05) is 11.6 Å². The summed E-state index contributed by atoms with van der Waals surface area (Å²) in [4.78, 5) is 17.7. The zero-order valence-electron chi connectivity index (χ0n) is 13.9. The quantitative estimate of drug-likeness (QED) is 0.741. The van der Waals surface area contributed by atoms with Gasteiger partial charge in [0.05, 0.1) is 13.2 Å². The van der Waals surface area contributed by atoms with E-state index >= 15 is 0 Å². The Morgan fingerprint density at radius 2 is 1.92 bits per heavy atom. The van der Waals surface area contributed by atoms with Crippen LogP contribution in [0.3, 0.4) is 0 Å². The van der Waals surface area contributed by atoms with Crippen LogP contribution in [0.5, 0.6) is 5.75 Å². The summed E-state index contributed by atoms with van der Waals surface area (Å²) < 4.78 is 5.27. The van der Waals surface area contributed by atoms with Gasteiger partial charge >= 0.3 is 0 Å². The summed E-state index contributed by atoms with van der Waals surface area (Å²) in [6, 6.07) is 15.0. The van der Waals surface area contributed by atoms with Crippen molar-refractivity contribution in [3.63, 3.8) is 0 Å². The van der Waals surface area contributed by atoms with Crippen LogP contribution in [-0.4, -0.2) is 28.9 Å². The summed E-state index contributed by atoms with van der Waals surface area (Å²) in [7, 11) is 1.66. The maximum atomic E-state index is 12.6. The molecular formula is C20H17ClN2O2. The second-order valence-corrected chi connectivity index (χ2v) is 6.55. The maximum absolute atomic E-state index is 12.6. The molecule has 25 heavy (non-hydrogen) atoms. The lowest BCUT2D eigenvalue weighted by atomic mass is 9.97. The third-order valence-corrected chi connectivity index (χ3v) is 4.86. The van der Waals surface area contributed by atoms with Gasteiger partial charge in [0.15, 0.2) is 0 Å². The van der Waals surface area contributed by atoms with Gasteiger partial charge in [0.25, 0.3) is 5.91 Å². The molecule has 0 aliphatic carbocycles. The Bertz CT molecular complexity index is 989. The highest BCUT2D eigenvalue weighted by Gasteiger charge is 2.32. The van der Waals surface area contributed by atoms with Gasteiger partial charge in [0.2, 0.25) is 0 Å². The van der Waals surface area contributed by atoms with Gasteiger partial charge in [-0.05, 0) is 55.5 Å². The van der Waals surface area contributed by atoms with E-state index in [2.05, 4.69) is 11.1 Å². The third kappa shape index (κ3) is 2.68. The van der Waals surface area contributed by atoms with Crippen molar-refractivity contribution in [1.82, 2.24) is 9.88 Å². The zero-order chi connectivity index (χ0) is 17.6. The fraction of sp³-hybridized carbons (Fsp3) is 0.150. The van der Waals surface area contributed by atoms with E-state index in [1.165, 1.54) is 0 Å². The Labute approximate surface area is 150 Å². The van der Waals surface area contributed by atoms with E-state index in [-0.39, 0.29) is 11.9 Å². The first kappa shape index (κ1) is 15.8. The molecule has 1 aromatic heterocycles. The van der Waals surface area contributed by atoms with Crippen LogP contribution in [0.1, 0.15) is 23.0 Å². The number of nitrogens with zero attached hydrogens (tertiary/aromatic N) is 1. The molecule has 0 spiro atoms. The molecule has 5 heteroatoms. The van der Waals surface area contributed by atoms with Crippen molar-refractivity contribution < 1.29 is 9.53 Å². The zero-order valence-corrected chi connectivity index (χ0v) is 14.7. The highest BCUT2D eigenvalue weighted by molar-refractivity contribution is 6.30. The van der Waals surface area contributed by atoms with Gasteiger partial charge in [0.1, 0.15) is 5.75 Å². The number of rotatable bonds is 3. The number of carbonyl (C=O) groups excluding carboxylic acids is 1. The average molecular weight is 353 g/mol. The smallest absolute Gasteiger partial charge is 0.258 e. The molecule has 4 rings (SSSR count). The predicted molar refractivity (Wildman–Crippen MR) is 99.9 cm³/mol. The molecule has 126 valence electrons. The highest BCUT2D eigenvalue weighted by atomic mass is 35.5. The van der Waals surface area contributed by atoms with E-state index in [0.29, 0.717) is 10.6 Å². The van der Waals surface area contributed by atoms with Crippen molar-refractivity contribution >= 4 is 34.0 Å². The number of aromatic nitrogens is 1. The third-order valence-electron chi connectivity index (χ3n) is 4.61. The molecule has 0 bridgehead atoms. The number of ether oxygens (including phenoxy) is 1. The SMILES string of the molecule is COc1ccc2[nH]c(C3=CN(C(=O)c4ccc(Cl)cc4)C3C)cc2c1. The van der Waals surface area contributed by atoms with Crippen LogP contribution in [0.4, 0.5) is 0 Å². The fourth-order valence-corrected chi connectivity index (χ4v) is 3.23. The minimum Gasteiger partial charge on any atom is -0.497 e. The monoisotopic (exact) mass is 352 g/mol. The van der Waals surface area contributed by atoms with Gasteiger partial charge < -0.3 is 14.6 Å². The highest BCUT2D eigenvalue weighted by Crippen LogP contribution is 2.34. The van der Waals surface area contributed by atoms with Gasteiger partial charge in [-0.2, -0.15) is 0 Å². The second kappa shape index (κ2) is 5.97. The van der Waals surface area contributed by atoms with Crippen LogP contribution in [0.25, 0.3) is 16.5 Å². The maximum Gasteiger partial charge on any atom is 0.258 e. The summed E-state index contributed by atoms with van der Waals surface area (Å²) in [6.07, 6.45) is 1.89. The second-order valence-electron chi connectivity index (χ2n) is 6.12. The van der Waals surface area contributed by atoms with Gasteiger partial charge in [-0.15, -0.1) is 0 Å². The minimum atomic E-state index is -0.0225. The van der Waals surface area contributed by atoms with Crippen molar-refractivity contribution in [1.29, 1.82) is 0 Å². The largest absolute Gasteiger partial charge is 0.497 e. The summed E-state index contributed by atoms with van der Waals surface area (Å²) in [5, 5.41) is 1.71. The van der Waals surface area contributed by atoms with Gasteiger partial charge in [-0.25, -0.2) is 0 Å². The molecule has 2 heterocycles. The van der Waals surface area contributed by atoms with E-state index in [4.69, 9.17) is 16.3 Å².